The number of methoxy groups -OCH3 is 1. The zero-order chi connectivity index (χ0) is 24.3. The van der Waals surface area contributed by atoms with Crippen molar-refractivity contribution in [1.82, 2.24) is 4.90 Å². The molecule has 33 heavy (non-hydrogen) atoms. The molecule has 1 aliphatic rings. The molecule has 1 heterocycles. The summed E-state index contributed by atoms with van der Waals surface area (Å²) in [5.41, 5.74) is -1.97. The first kappa shape index (κ1) is 24.7. The van der Waals surface area contributed by atoms with Gasteiger partial charge in [0.05, 0.1) is 23.8 Å². The summed E-state index contributed by atoms with van der Waals surface area (Å²) in [4.78, 5) is 38.0. The van der Waals surface area contributed by atoms with Gasteiger partial charge >= 0.3 is 12.1 Å². The third kappa shape index (κ3) is 4.86. The average molecular weight is 478 g/mol. The number of carbonyl (C=O) groups excluding carboxylic acids is 2. The Morgan fingerprint density at radius 1 is 1.18 bits per heavy atom. The number of ether oxygens (including phenoxy) is 1. The summed E-state index contributed by atoms with van der Waals surface area (Å²) in [6.45, 7) is 2.20. The van der Waals surface area contributed by atoms with Crippen molar-refractivity contribution in [3.05, 3.63) is 69.5 Å². The Morgan fingerprint density at radius 2 is 1.79 bits per heavy atom. The van der Waals surface area contributed by atoms with Crippen molar-refractivity contribution >= 4 is 29.4 Å². The second kappa shape index (κ2) is 9.89. The number of carbonyl (C=O) groups is 3. The second-order valence-electron chi connectivity index (χ2n) is 8.03. The molecule has 2 N–H and O–H groups in total. The fourth-order valence-corrected chi connectivity index (χ4v) is 4.51. The van der Waals surface area contributed by atoms with Crippen molar-refractivity contribution in [3.8, 4) is 0 Å². The number of aliphatic hydroxyl groups is 1. The van der Waals surface area contributed by atoms with Crippen molar-refractivity contribution in [1.29, 1.82) is 0 Å². The number of piperidine rings is 1. The van der Waals surface area contributed by atoms with E-state index < -0.39 is 34.8 Å². The highest BCUT2D eigenvalue weighted by Crippen LogP contribution is 2.40. The Kier molecular flexibility index (Phi) is 7.39. The molecular formula is C24H25ClFNO6. The summed E-state index contributed by atoms with van der Waals surface area (Å²) >= 11 is 5.86. The zero-order valence-corrected chi connectivity index (χ0v) is 19.1. The van der Waals surface area contributed by atoms with Gasteiger partial charge in [0.25, 0.3) is 0 Å². The molecule has 9 heteroatoms. The maximum atomic E-state index is 15.4. The number of hydrogen-bond acceptors (Lipinski definition) is 5. The van der Waals surface area contributed by atoms with Crippen molar-refractivity contribution in [3.63, 3.8) is 0 Å². The number of carboxylic acid groups (broad SMARTS) is 1. The predicted octanol–water partition coefficient (Wildman–Crippen LogP) is 4.48. The lowest BCUT2D eigenvalue weighted by Gasteiger charge is -2.41. The summed E-state index contributed by atoms with van der Waals surface area (Å²) in [7, 11) is 1.12. The van der Waals surface area contributed by atoms with Crippen LogP contribution in [0.1, 0.15) is 58.0 Å². The van der Waals surface area contributed by atoms with Crippen molar-refractivity contribution in [2.24, 2.45) is 5.92 Å². The largest absolute Gasteiger partial charge is 0.465 e. The Balaban J connectivity index is 2.05. The third-order valence-corrected chi connectivity index (χ3v) is 6.56. The van der Waals surface area contributed by atoms with Crippen LogP contribution in [0.4, 0.5) is 9.18 Å². The minimum absolute atomic E-state index is 0.142. The fraction of sp³-hybridized carbons (Fsp3) is 0.375. The van der Waals surface area contributed by atoms with Crippen LogP contribution in [0.15, 0.2) is 36.4 Å². The summed E-state index contributed by atoms with van der Waals surface area (Å²) < 4.78 is 20.2. The van der Waals surface area contributed by atoms with Crippen LogP contribution in [-0.4, -0.2) is 53.2 Å². The van der Waals surface area contributed by atoms with E-state index >= 15 is 4.39 Å². The topological polar surface area (TPSA) is 104 Å². The molecule has 1 saturated heterocycles. The third-order valence-electron chi connectivity index (χ3n) is 6.31. The van der Waals surface area contributed by atoms with E-state index in [1.807, 2.05) is 0 Å². The highest BCUT2D eigenvalue weighted by atomic mass is 35.5. The molecular weight excluding hydrogens is 453 g/mol. The van der Waals surface area contributed by atoms with Gasteiger partial charge in [0, 0.05) is 23.7 Å². The maximum Gasteiger partial charge on any atom is 0.407 e. The number of hydrogen-bond donors (Lipinski definition) is 2. The minimum Gasteiger partial charge on any atom is -0.465 e. The first-order valence-electron chi connectivity index (χ1n) is 10.5. The Morgan fingerprint density at radius 3 is 2.30 bits per heavy atom. The van der Waals surface area contributed by atoms with Crippen molar-refractivity contribution in [2.75, 3.05) is 20.2 Å². The summed E-state index contributed by atoms with van der Waals surface area (Å²) in [5.74, 6) is -2.94. The number of rotatable bonds is 6. The van der Waals surface area contributed by atoms with Crippen LogP contribution < -0.4 is 0 Å². The fourth-order valence-electron chi connectivity index (χ4n) is 4.38. The molecule has 1 atom stereocenters. The maximum absolute atomic E-state index is 15.4. The monoisotopic (exact) mass is 477 g/mol. The van der Waals surface area contributed by atoms with Gasteiger partial charge in [0.1, 0.15) is 5.82 Å². The summed E-state index contributed by atoms with van der Waals surface area (Å²) in [6, 6.07) is 8.19. The highest BCUT2D eigenvalue weighted by molar-refractivity contribution is 6.30. The van der Waals surface area contributed by atoms with Gasteiger partial charge in [-0.2, -0.15) is 0 Å². The quantitative estimate of drug-likeness (QED) is 0.469. The zero-order valence-electron chi connectivity index (χ0n) is 18.3. The molecule has 1 unspecified atom stereocenters. The lowest BCUT2D eigenvalue weighted by molar-refractivity contribution is -0.0500. The Bertz CT molecular complexity index is 1070. The smallest absolute Gasteiger partial charge is 0.407 e. The first-order valence-corrected chi connectivity index (χ1v) is 10.9. The molecule has 3 rings (SSSR count). The van der Waals surface area contributed by atoms with Crippen LogP contribution >= 0.6 is 11.6 Å². The molecule has 2 aromatic rings. The number of esters is 1. The summed E-state index contributed by atoms with van der Waals surface area (Å²) in [6.07, 6.45) is -0.0818. The van der Waals surface area contributed by atoms with Crippen LogP contribution in [-0.2, 0) is 10.3 Å². The molecule has 0 aliphatic carbocycles. The van der Waals surface area contributed by atoms with Gasteiger partial charge in [-0.1, -0.05) is 18.5 Å². The number of ketones is 1. The van der Waals surface area contributed by atoms with Gasteiger partial charge in [0.15, 0.2) is 5.78 Å². The lowest BCUT2D eigenvalue weighted by atomic mass is 9.73. The Hall–Kier alpha value is -2.97. The number of nitrogens with zero attached hydrogens (tertiary/aromatic N) is 1. The van der Waals surface area contributed by atoms with Crippen LogP contribution in [0.5, 0.6) is 0 Å². The second-order valence-corrected chi connectivity index (χ2v) is 8.47. The van der Waals surface area contributed by atoms with E-state index in [1.165, 1.54) is 35.2 Å². The standard InChI is InChI=1S/C24H25ClFNO6/c1-3-24(32,15-8-10-27(11-9-15)23(30)31)16-12-18(22(29)33-2)20(19(26)13-16)21(28)14-4-6-17(25)7-5-14/h4-7,12-13,15,32H,3,8-11H2,1-2H3,(H,30,31). The van der Waals surface area contributed by atoms with E-state index in [0.717, 1.165) is 13.2 Å². The molecule has 2 aromatic carbocycles. The number of halogens is 2. The van der Waals surface area contributed by atoms with Crippen molar-refractivity contribution in [2.45, 2.75) is 31.8 Å². The highest BCUT2D eigenvalue weighted by Gasteiger charge is 2.41. The van der Waals surface area contributed by atoms with Gasteiger partial charge in [-0.05, 0) is 67.1 Å². The van der Waals surface area contributed by atoms with Crippen LogP contribution in [0.3, 0.4) is 0 Å². The molecule has 176 valence electrons. The Labute approximate surface area is 195 Å². The minimum atomic E-state index is -1.52. The van der Waals surface area contributed by atoms with E-state index in [2.05, 4.69) is 0 Å². The predicted molar refractivity (Wildman–Crippen MR) is 119 cm³/mol. The van der Waals surface area contributed by atoms with E-state index in [-0.39, 0.29) is 42.1 Å². The van der Waals surface area contributed by atoms with Gasteiger partial charge in [-0.3, -0.25) is 4.79 Å². The molecule has 0 saturated carbocycles. The molecule has 1 amide bonds. The lowest BCUT2D eigenvalue weighted by Crippen LogP contribution is -2.45. The molecule has 1 aliphatic heterocycles. The molecule has 0 bridgehead atoms. The molecule has 1 fully saturated rings. The first-order chi connectivity index (χ1) is 15.6. The SMILES string of the molecule is CCC(O)(c1cc(F)c(C(=O)c2ccc(Cl)cc2)c(C(=O)OC)c1)C1CCN(C(=O)O)CC1. The van der Waals surface area contributed by atoms with E-state index in [9.17, 15) is 24.6 Å². The molecule has 0 spiro atoms. The van der Waals surface area contributed by atoms with E-state index in [1.54, 1.807) is 6.92 Å². The summed E-state index contributed by atoms with van der Waals surface area (Å²) in [5, 5.41) is 21.1. The van der Waals surface area contributed by atoms with E-state index in [4.69, 9.17) is 16.3 Å². The van der Waals surface area contributed by atoms with Gasteiger partial charge in [-0.15, -0.1) is 0 Å². The van der Waals surface area contributed by atoms with E-state index in [0.29, 0.717) is 17.9 Å². The normalized spacial score (nSPS) is 16.2. The molecule has 7 nitrogen and oxygen atoms in total. The van der Waals surface area contributed by atoms with Crippen molar-refractivity contribution < 1.29 is 33.7 Å². The van der Waals surface area contributed by atoms with Gasteiger partial charge < -0.3 is 19.8 Å². The van der Waals surface area contributed by atoms with Crippen LogP contribution in [0, 0.1) is 11.7 Å². The number of benzene rings is 2. The van der Waals surface area contributed by atoms with Gasteiger partial charge in [-0.25, -0.2) is 14.0 Å². The number of amides is 1. The van der Waals surface area contributed by atoms with Crippen LogP contribution in [0.2, 0.25) is 5.02 Å². The van der Waals surface area contributed by atoms with Gasteiger partial charge in [0.2, 0.25) is 0 Å². The number of likely N-dealkylation sites (tertiary alicyclic amines) is 1. The average Bonchev–Trinajstić information content (AvgIpc) is 2.82. The van der Waals surface area contributed by atoms with Crippen LogP contribution in [0.25, 0.3) is 0 Å². The molecule has 0 radical (unpaired) electrons. The molecule has 0 aromatic heterocycles.